The van der Waals surface area contributed by atoms with Gasteiger partial charge in [0.15, 0.2) is 0 Å². The highest BCUT2D eigenvalue weighted by molar-refractivity contribution is 5.50. The monoisotopic (exact) mass is 163 g/mol. The predicted molar refractivity (Wildman–Crippen MR) is 50.5 cm³/mol. The van der Waals surface area contributed by atoms with Crippen LogP contribution in [0.5, 0.6) is 0 Å². The summed E-state index contributed by atoms with van der Waals surface area (Å²) in [6.07, 6.45) is 3.58. The lowest BCUT2D eigenvalue weighted by Crippen LogP contribution is -1.95. The standard InChI is InChI=1S/C10H13NO/c11-8-10-4-1-3-9(7-10)5-2-6-12/h1-5,7,12H,6,8,11H2. The Balaban J connectivity index is 2.79. The van der Waals surface area contributed by atoms with Gasteiger partial charge in [-0.2, -0.15) is 0 Å². The SMILES string of the molecule is NCc1cccc(C=CCO)c1. The summed E-state index contributed by atoms with van der Waals surface area (Å²) in [6.45, 7) is 0.633. The van der Waals surface area contributed by atoms with Crippen molar-refractivity contribution in [2.75, 3.05) is 6.61 Å². The third-order valence-corrected chi connectivity index (χ3v) is 1.60. The Labute approximate surface area is 72.3 Å². The third kappa shape index (κ3) is 2.49. The van der Waals surface area contributed by atoms with Crippen LogP contribution < -0.4 is 5.73 Å². The molecule has 64 valence electrons. The second kappa shape index (κ2) is 4.70. The summed E-state index contributed by atoms with van der Waals surface area (Å²) < 4.78 is 0. The van der Waals surface area contributed by atoms with Crippen molar-refractivity contribution in [3.05, 3.63) is 41.5 Å². The maximum atomic E-state index is 8.54. The topological polar surface area (TPSA) is 46.2 Å². The molecule has 1 rings (SSSR count). The lowest BCUT2D eigenvalue weighted by atomic mass is 10.1. The summed E-state index contributed by atoms with van der Waals surface area (Å²) in [5.74, 6) is 0. The molecule has 3 N–H and O–H groups in total. The molecule has 12 heavy (non-hydrogen) atoms. The van der Waals surface area contributed by atoms with Gasteiger partial charge in [0.25, 0.3) is 0 Å². The molecule has 2 heteroatoms. The second-order valence-corrected chi connectivity index (χ2v) is 2.53. The van der Waals surface area contributed by atoms with Crippen LogP contribution in [0.25, 0.3) is 6.08 Å². The first kappa shape index (κ1) is 8.97. The molecule has 0 aliphatic heterocycles. The van der Waals surface area contributed by atoms with E-state index < -0.39 is 0 Å². The molecule has 0 unspecified atom stereocenters. The summed E-state index contributed by atoms with van der Waals surface area (Å²) in [6, 6.07) is 7.92. The Morgan fingerprint density at radius 3 is 2.92 bits per heavy atom. The van der Waals surface area contributed by atoms with E-state index in [-0.39, 0.29) is 6.61 Å². The molecule has 1 aromatic rings. The predicted octanol–water partition coefficient (Wildman–Crippen LogP) is 1.15. The van der Waals surface area contributed by atoms with E-state index >= 15 is 0 Å². The van der Waals surface area contributed by atoms with Gasteiger partial charge in [-0.3, -0.25) is 0 Å². The molecular weight excluding hydrogens is 150 g/mol. The first-order valence-electron chi connectivity index (χ1n) is 3.93. The highest BCUT2D eigenvalue weighted by Gasteiger charge is 1.89. The maximum absolute atomic E-state index is 8.54. The van der Waals surface area contributed by atoms with E-state index in [9.17, 15) is 0 Å². The van der Waals surface area contributed by atoms with Crippen LogP contribution >= 0.6 is 0 Å². The van der Waals surface area contributed by atoms with Crippen LogP contribution in [0, 0.1) is 0 Å². The number of hydrogen-bond acceptors (Lipinski definition) is 2. The van der Waals surface area contributed by atoms with Gasteiger partial charge in [0, 0.05) is 6.54 Å². The fourth-order valence-corrected chi connectivity index (χ4v) is 1.01. The van der Waals surface area contributed by atoms with Gasteiger partial charge in [-0.15, -0.1) is 0 Å². The van der Waals surface area contributed by atoms with Crippen molar-refractivity contribution in [1.29, 1.82) is 0 Å². The molecule has 0 spiro atoms. The average Bonchev–Trinajstić information content (AvgIpc) is 2.15. The zero-order valence-corrected chi connectivity index (χ0v) is 6.90. The minimum absolute atomic E-state index is 0.0762. The van der Waals surface area contributed by atoms with Crippen LogP contribution in [-0.4, -0.2) is 11.7 Å². The van der Waals surface area contributed by atoms with Crippen molar-refractivity contribution in [1.82, 2.24) is 0 Å². The number of nitrogens with two attached hydrogens (primary N) is 1. The quantitative estimate of drug-likeness (QED) is 0.702. The summed E-state index contributed by atoms with van der Waals surface area (Å²) in [4.78, 5) is 0. The minimum Gasteiger partial charge on any atom is -0.392 e. The second-order valence-electron chi connectivity index (χ2n) is 2.53. The van der Waals surface area contributed by atoms with E-state index in [1.807, 2.05) is 30.3 Å². The normalized spacial score (nSPS) is 10.8. The highest BCUT2D eigenvalue weighted by atomic mass is 16.2. The molecule has 0 atom stereocenters. The van der Waals surface area contributed by atoms with Gasteiger partial charge in [-0.25, -0.2) is 0 Å². The molecule has 1 aromatic carbocycles. The summed E-state index contributed by atoms with van der Waals surface area (Å²) in [5, 5.41) is 8.54. The van der Waals surface area contributed by atoms with E-state index in [0.717, 1.165) is 11.1 Å². The van der Waals surface area contributed by atoms with Gasteiger partial charge >= 0.3 is 0 Å². The van der Waals surface area contributed by atoms with Crippen molar-refractivity contribution >= 4 is 6.08 Å². The number of benzene rings is 1. The third-order valence-electron chi connectivity index (χ3n) is 1.60. The van der Waals surface area contributed by atoms with Crippen LogP contribution in [0.15, 0.2) is 30.3 Å². The zero-order chi connectivity index (χ0) is 8.81. The molecule has 0 aliphatic rings. The van der Waals surface area contributed by atoms with Crippen LogP contribution in [0.1, 0.15) is 11.1 Å². The lowest BCUT2D eigenvalue weighted by molar-refractivity contribution is 0.343. The summed E-state index contributed by atoms with van der Waals surface area (Å²) >= 11 is 0. The fraction of sp³-hybridized carbons (Fsp3) is 0.200. The van der Waals surface area contributed by atoms with Gasteiger partial charge in [0.1, 0.15) is 0 Å². The van der Waals surface area contributed by atoms with E-state index in [4.69, 9.17) is 10.8 Å². The first-order chi connectivity index (χ1) is 5.86. The zero-order valence-electron chi connectivity index (χ0n) is 6.90. The molecular formula is C10H13NO. The fourth-order valence-electron chi connectivity index (χ4n) is 1.01. The van der Waals surface area contributed by atoms with Crippen molar-refractivity contribution < 1.29 is 5.11 Å². The van der Waals surface area contributed by atoms with E-state index in [2.05, 4.69) is 0 Å². The molecule has 0 fully saturated rings. The number of aliphatic hydroxyl groups excluding tert-OH is 1. The largest absolute Gasteiger partial charge is 0.392 e. The smallest absolute Gasteiger partial charge is 0.0615 e. The van der Waals surface area contributed by atoms with Gasteiger partial charge < -0.3 is 10.8 Å². The van der Waals surface area contributed by atoms with Gasteiger partial charge in [-0.05, 0) is 11.1 Å². The molecule has 0 radical (unpaired) electrons. The molecule has 0 heterocycles. The van der Waals surface area contributed by atoms with Gasteiger partial charge in [-0.1, -0.05) is 36.4 Å². The Kier molecular flexibility index (Phi) is 3.51. The summed E-state index contributed by atoms with van der Waals surface area (Å²) in [7, 11) is 0. The molecule has 0 amide bonds. The lowest BCUT2D eigenvalue weighted by Gasteiger charge is -1.97. The van der Waals surface area contributed by atoms with Crippen molar-refractivity contribution in [2.24, 2.45) is 5.73 Å². The number of aliphatic hydroxyl groups is 1. The first-order valence-corrected chi connectivity index (χ1v) is 3.93. The van der Waals surface area contributed by atoms with Gasteiger partial charge in [0.2, 0.25) is 0 Å². The molecule has 0 bridgehead atoms. The van der Waals surface area contributed by atoms with Crippen molar-refractivity contribution in [3.8, 4) is 0 Å². The van der Waals surface area contributed by atoms with Crippen LogP contribution in [0.4, 0.5) is 0 Å². The molecule has 0 aromatic heterocycles. The minimum atomic E-state index is 0.0762. The Bertz CT molecular complexity index is 268. The number of rotatable bonds is 3. The summed E-state index contributed by atoms with van der Waals surface area (Å²) in [5.41, 5.74) is 7.66. The van der Waals surface area contributed by atoms with Gasteiger partial charge in [0.05, 0.1) is 6.61 Å². The van der Waals surface area contributed by atoms with E-state index in [0.29, 0.717) is 6.54 Å². The molecule has 2 nitrogen and oxygen atoms in total. The van der Waals surface area contributed by atoms with Crippen molar-refractivity contribution in [3.63, 3.8) is 0 Å². The Morgan fingerprint density at radius 1 is 1.42 bits per heavy atom. The van der Waals surface area contributed by atoms with Crippen molar-refractivity contribution in [2.45, 2.75) is 6.54 Å². The molecule has 0 aliphatic carbocycles. The van der Waals surface area contributed by atoms with E-state index in [1.54, 1.807) is 6.08 Å². The molecule has 0 saturated heterocycles. The average molecular weight is 163 g/mol. The van der Waals surface area contributed by atoms with Crippen LogP contribution in [0.2, 0.25) is 0 Å². The van der Waals surface area contributed by atoms with Crippen LogP contribution in [-0.2, 0) is 6.54 Å². The number of hydrogen-bond donors (Lipinski definition) is 2. The van der Waals surface area contributed by atoms with E-state index in [1.165, 1.54) is 0 Å². The maximum Gasteiger partial charge on any atom is 0.0615 e. The Morgan fingerprint density at radius 2 is 2.25 bits per heavy atom. The van der Waals surface area contributed by atoms with Crippen LogP contribution in [0.3, 0.4) is 0 Å². The highest BCUT2D eigenvalue weighted by Crippen LogP contribution is 2.05. The molecule has 0 saturated carbocycles. The Hall–Kier alpha value is -1.12.